The van der Waals surface area contributed by atoms with Crippen LogP contribution >= 0.6 is 23.4 Å². The molecule has 2 aromatic carbocycles. The third-order valence-corrected chi connectivity index (χ3v) is 5.80. The standard InChI is InChI=1S/C22H20ClN5OS/c1-2-15-3-7-17(8-4-15)19-11-12-20-25-26-22(28(20)27-19)30-14-21(29)24-13-16-5-9-18(23)10-6-16/h3-12H,2,13-14H2,1H3,(H,24,29). The molecule has 2 heterocycles. The summed E-state index contributed by atoms with van der Waals surface area (Å²) < 4.78 is 1.68. The molecule has 30 heavy (non-hydrogen) atoms. The number of hydrogen-bond donors (Lipinski definition) is 1. The Bertz CT molecular complexity index is 1160. The van der Waals surface area contributed by atoms with Crippen LogP contribution in [-0.4, -0.2) is 31.5 Å². The number of nitrogens with zero attached hydrogens (tertiary/aromatic N) is 4. The van der Waals surface area contributed by atoms with Crippen LogP contribution in [0.2, 0.25) is 5.02 Å². The van der Waals surface area contributed by atoms with E-state index in [1.54, 1.807) is 16.6 Å². The monoisotopic (exact) mass is 437 g/mol. The molecule has 0 saturated heterocycles. The van der Waals surface area contributed by atoms with Crippen molar-refractivity contribution < 1.29 is 4.79 Å². The number of carbonyl (C=O) groups excluding carboxylic acids is 1. The average Bonchev–Trinajstić information content (AvgIpc) is 3.19. The molecule has 152 valence electrons. The number of amides is 1. The van der Waals surface area contributed by atoms with Gasteiger partial charge >= 0.3 is 0 Å². The molecule has 0 unspecified atom stereocenters. The second-order valence-corrected chi connectivity index (χ2v) is 8.09. The van der Waals surface area contributed by atoms with Crippen LogP contribution in [0.25, 0.3) is 16.9 Å². The maximum absolute atomic E-state index is 12.2. The van der Waals surface area contributed by atoms with Crippen molar-refractivity contribution in [2.24, 2.45) is 0 Å². The number of rotatable bonds is 7. The van der Waals surface area contributed by atoms with E-state index in [9.17, 15) is 4.79 Å². The molecule has 0 aliphatic rings. The first-order valence-electron chi connectivity index (χ1n) is 9.58. The smallest absolute Gasteiger partial charge is 0.230 e. The number of halogens is 1. The van der Waals surface area contributed by atoms with E-state index in [-0.39, 0.29) is 11.7 Å². The number of aromatic nitrogens is 4. The normalized spacial score (nSPS) is 11.0. The summed E-state index contributed by atoms with van der Waals surface area (Å²) in [5.74, 6) is 0.142. The third kappa shape index (κ3) is 4.80. The topological polar surface area (TPSA) is 72.2 Å². The largest absolute Gasteiger partial charge is 0.351 e. The Morgan fingerprint density at radius 1 is 1.00 bits per heavy atom. The minimum atomic E-state index is -0.0852. The molecule has 4 rings (SSSR count). The van der Waals surface area contributed by atoms with Crippen LogP contribution < -0.4 is 5.32 Å². The lowest BCUT2D eigenvalue weighted by atomic mass is 10.1. The first-order chi connectivity index (χ1) is 14.6. The molecule has 0 fully saturated rings. The van der Waals surface area contributed by atoms with Gasteiger partial charge in [0.25, 0.3) is 0 Å². The highest BCUT2D eigenvalue weighted by Crippen LogP contribution is 2.21. The summed E-state index contributed by atoms with van der Waals surface area (Å²) in [6.07, 6.45) is 0.999. The zero-order valence-electron chi connectivity index (χ0n) is 16.4. The SMILES string of the molecule is CCc1ccc(-c2ccc3nnc(SCC(=O)NCc4ccc(Cl)cc4)n3n2)cc1. The lowest BCUT2D eigenvalue weighted by Crippen LogP contribution is -2.24. The molecule has 0 spiro atoms. The van der Waals surface area contributed by atoms with Gasteiger partial charge < -0.3 is 5.32 Å². The van der Waals surface area contributed by atoms with Gasteiger partial charge in [0.05, 0.1) is 11.4 Å². The van der Waals surface area contributed by atoms with Crippen molar-refractivity contribution in [3.63, 3.8) is 0 Å². The van der Waals surface area contributed by atoms with E-state index < -0.39 is 0 Å². The fourth-order valence-electron chi connectivity index (χ4n) is 2.91. The minimum Gasteiger partial charge on any atom is -0.351 e. The van der Waals surface area contributed by atoms with E-state index >= 15 is 0 Å². The van der Waals surface area contributed by atoms with Crippen LogP contribution in [-0.2, 0) is 17.8 Å². The number of fused-ring (bicyclic) bond motifs is 1. The molecule has 1 N–H and O–H groups in total. The second-order valence-electron chi connectivity index (χ2n) is 6.71. The van der Waals surface area contributed by atoms with Crippen LogP contribution in [0.3, 0.4) is 0 Å². The summed E-state index contributed by atoms with van der Waals surface area (Å²) in [6.45, 7) is 2.58. The quantitative estimate of drug-likeness (QED) is 0.433. The first-order valence-corrected chi connectivity index (χ1v) is 10.9. The van der Waals surface area contributed by atoms with Gasteiger partial charge in [0.1, 0.15) is 0 Å². The number of hydrogen-bond acceptors (Lipinski definition) is 5. The maximum Gasteiger partial charge on any atom is 0.230 e. The maximum atomic E-state index is 12.2. The number of nitrogens with one attached hydrogen (secondary N) is 1. The molecule has 2 aromatic heterocycles. The fraction of sp³-hybridized carbons (Fsp3) is 0.182. The number of carbonyl (C=O) groups is 1. The van der Waals surface area contributed by atoms with E-state index in [0.29, 0.717) is 22.4 Å². The average molecular weight is 438 g/mol. The third-order valence-electron chi connectivity index (χ3n) is 4.63. The van der Waals surface area contributed by atoms with E-state index in [0.717, 1.165) is 23.2 Å². The van der Waals surface area contributed by atoms with Gasteiger partial charge in [-0.05, 0) is 41.8 Å². The molecule has 4 aromatic rings. The van der Waals surface area contributed by atoms with E-state index in [4.69, 9.17) is 11.6 Å². The Hall–Kier alpha value is -2.90. The Morgan fingerprint density at radius 3 is 2.47 bits per heavy atom. The zero-order chi connectivity index (χ0) is 20.9. The van der Waals surface area contributed by atoms with Gasteiger partial charge in [-0.3, -0.25) is 4.79 Å². The number of thioether (sulfide) groups is 1. The van der Waals surface area contributed by atoms with Gasteiger partial charge in [0, 0.05) is 17.1 Å². The number of aryl methyl sites for hydroxylation is 1. The molecule has 1 amide bonds. The van der Waals surface area contributed by atoms with Crippen molar-refractivity contribution in [2.75, 3.05) is 5.75 Å². The van der Waals surface area contributed by atoms with Gasteiger partial charge in [-0.2, -0.15) is 9.61 Å². The van der Waals surface area contributed by atoms with E-state index in [1.807, 2.05) is 24.3 Å². The van der Waals surface area contributed by atoms with Crippen molar-refractivity contribution in [1.82, 2.24) is 25.1 Å². The van der Waals surface area contributed by atoms with Crippen molar-refractivity contribution in [3.05, 3.63) is 76.8 Å². The summed E-state index contributed by atoms with van der Waals surface area (Å²) in [5.41, 5.74) is 4.78. The van der Waals surface area contributed by atoms with Crippen molar-refractivity contribution in [1.29, 1.82) is 0 Å². The van der Waals surface area contributed by atoms with Crippen LogP contribution in [0.15, 0.2) is 65.8 Å². The summed E-state index contributed by atoms with van der Waals surface area (Å²) in [4.78, 5) is 12.2. The molecule has 0 aliphatic heterocycles. The number of benzene rings is 2. The Kier molecular flexibility index (Phi) is 6.30. The highest BCUT2D eigenvalue weighted by Gasteiger charge is 2.12. The molecule has 0 bridgehead atoms. The Labute approximate surface area is 183 Å². The summed E-state index contributed by atoms with van der Waals surface area (Å²) >= 11 is 7.19. The zero-order valence-corrected chi connectivity index (χ0v) is 18.0. The van der Waals surface area contributed by atoms with Crippen LogP contribution in [0, 0.1) is 0 Å². The van der Waals surface area contributed by atoms with Gasteiger partial charge in [-0.15, -0.1) is 10.2 Å². The van der Waals surface area contributed by atoms with Crippen molar-refractivity contribution in [3.8, 4) is 11.3 Å². The molecule has 8 heteroatoms. The van der Waals surface area contributed by atoms with Crippen LogP contribution in [0.5, 0.6) is 0 Å². The van der Waals surface area contributed by atoms with Crippen molar-refractivity contribution in [2.45, 2.75) is 25.0 Å². The first kappa shape index (κ1) is 20.4. The predicted molar refractivity (Wildman–Crippen MR) is 120 cm³/mol. The van der Waals surface area contributed by atoms with E-state index in [1.165, 1.54) is 17.3 Å². The molecule has 0 aliphatic carbocycles. The Morgan fingerprint density at radius 2 is 1.73 bits per heavy atom. The molecule has 0 atom stereocenters. The summed E-state index contributed by atoms with van der Waals surface area (Å²) in [5, 5.41) is 17.1. The minimum absolute atomic E-state index is 0.0852. The summed E-state index contributed by atoms with van der Waals surface area (Å²) in [6, 6.07) is 19.5. The molecular formula is C22H20ClN5OS. The van der Waals surface area contributed by atoms with Crippen molar-refractivity contribution >= 4 is 34.9 Å². The predicted octanol–water partition coefficient (Wildman–Crippen LogP) is 4.42. The summed E-state index contributed by atoms with van der Waals surface area (Å²) in [7, 11) is 0. The lowest BCUT2D eigenvalue weighted by molar-refractivity contribution is -0.118. The Balaban J connectivity index is 1.42. The molecule has 0 saturated carbocycles. The highest BCUT2D eigenvalue weighted by molar-refractivity contribution is 7.99. The van der Waals surface area contributed by atoms with Gasteiger partial charge in [0.2, 0.25) is 11.1 Å². The second kappa shape index (κ2) is 9.28. The lowest BCUT2D eigenvalue weighted by Gasteiger charge is -2.06. The fourth-order valence-corrected chi connectivity index (χ4v) is 3.75. The van der Waals surface area contributed by atoms with Crippen LogP contribution in [0.4, 0.5) is 0 Å². The molecule has 0 radical (unpaired) electrons. The van der Waals surface area contributed by atoms with Gasteiger partial charge in [-0.1, -0.05) is 66.7 Å². The molecule has 6 nitrogen and oxygen atoms in total. The highest BCUT2D eigenvalue weighted by atomic mass is 35.5. The van der Waals surface area contributed by atoms with Gasteiger partial charge in [-0.25, -0.2) is 0 Å². The molecular weight excluding hydrogens is 418 g/mol. The van der Waals surface area contributed by atoms with Gasteiger partial charge in [0.15, 0.2) is 5.65 Å². The van der Waals surface area contributed by atoms with Crippen LogP contribution in [0.1, 0.15) is 18.1 Å². The van der Waals surface area contributed by atoms with E-state index in [2.05, 4.69) is 51.8 Å².